The van der Waals surface area contributed by atoms with Gasteiger partial charge >= 0.3 is 0 Å². The second-order valence-corrected chi connectivity index (χ2v) is 5.51. The van der Waals surface area contributed by atoms with Crippen LogP contribution in [0.3, 0.4) is 0 Å². The fourth-order valence-corrected chi connectivity index (χ4v) is 2.88. The highest BCUT2D eigenvalue weighted by Gasteiger charge is 2.12. The molecular weight excluding hydrogens is 270 g/mol. The summed E-state index contributed by atoms with van der Waals surface area (Å²) < 4.78 is 5.60. The Bertz CT molecular complexity index is 747. The van der Waals surface area contributed by atoms with E-state index in [1.807, 2.05) is 38.1 Å². The van der Waals surface area contributed by atoms with Gasteiger partial charge in [-0.05, 0) is 43.3 Å². The number of aryl methyl sites for hydroxylation is 2. The molecule has 20 heavy (non-hydrogen) atoms. The predicted molar refractivity (Wildman–Crippen MR) is 79.7 cm³/mol. The van der Waals surface area contributed by atoms with Crippen molar-refractivity contribution in [2.45, 2.75) is 30.6 Å². The first-order valence-corrected chi connectivity index (χ1v) is 7.19. The zero-order valence-electron chi connectivity index (χ0n) is 11.4. The second kappa shape index (κ2) is 5.26. The summed E-state index contributed by atoms with van der Waals surface area (Å²) >= 11 is 1.42. The van der Waals surface area contributed by atoms with Gasteiger partial charge in [0.15, 0.2) is 0 Å². The van der Waals surface area contributed by atoms with E-state index in [2.05, 4.69) is 16.0 Å². The minimum atomic E-state index is 0.443. The second-order valence-electron chi connectivity index (χ2n) is 4.57. The number of rotatable bonds is 3. The van der Waals surface area contributed by atoms with Gasteiger partial charge in [-0.2, -0.15) is 0 Å². The van der Waals surface area contributed by atoms with Crippen molar-refractivity contribution in [1.82, 2.24) is 9.97 Å². The van der Waals surface area contributed by atoms with Gasteiger partial charge in [-0.1, -0.05) is 18.2 Å². The first-order valence-electron chi connectivity index (χ1n) is 6.38. The molecule has 3 rings (SSSR count). The third-order valence-electron chi connectivity index (χ3n) is 3.18. The third-order valence-corrected chi connectivity index (χ3v) is 4.07. The molecule has 0 unspecified atom stereocenters. The quantitative estimate of drug-likeness (QED) is 0.798. The Morgan fingerprint density at radius 3 is 2.70 bits per heavy atom. The van der Waals surface area contributed by atoms with Gasteiger partial charge in [-0.3, -0.25) is 0 Å². The van der Waals surface area contributed by atoms with Crippen LogP contribution in [0.5, 0.6) is 0 Å². The third kappa shape index (κ3) is 2.42. The van der Waals surface area contributed by atoms with Crippen LogP contribution in [-0.2, 0) is 6.54 Å². The normalized spacial score (nSPS) is 11.2. The maximum Gasteiger partial charge on any atom is 0.262 e. The van der Waals surface area contributed by atoms with E-state index in [0.717, 1.165) is 32.9 Å². The molecule has 0 saturated carbocycles. The Labute approximate surface area is 121 Å². The monoisotopic (exact) mass is 285 g/mol. The van der Waals surface area contributed by atoms with Crippen molar-refractivity contribution in [2.75, 3.05) is 0 Å². The average Bonchev–Trinajstić information content (AvgIpc) is 2.76. The molecule has 102 valence electrons. The van der Waals surface area contributed by atoms with Crippen molar-refractivity contribution < 1.29 is 4.42 Å². The lowest BCUT2D eigenvalue weighted by Crippen LogP contribution is -2.00. The van der Waals surface area contributed by atoms with Crippen molar-refractivity contribution in [3.63, 3.8) is 0 Å². The first-order chi connectivity index (χ1) is 9.67. The van der Waals surface area contributed by atoms with Crippen LogP contribution in [0.4, 0.5) is 0 Å². The molecule has 1 aromatic carbocycles. The summed E-state index contributed by atoms with van der Waals surface area (Å²) in [6, 6.07) is 10.1. The first kappa shape index (κ1) is 13.1. The molecule has 2 N–H and O–H groups in total. The summed E-state index contributed by atoms with van der Waals surface area (Å²) in [5.41, 5.74) is 8.68. The molecule has 3 aromatic rings. The summed E-state index contributed by atoms with van der Waals surface area (Å²) in [4.78, 5) is 9.04. The van der Waals surface area contributed by atoms with Crippen molar-refractivity contribution in [3.8, 4) is 0 Å². The fraction of sp³-hybridized carbons (Fsp3) is 0.200. The van der Waals surface area contributed by atoms with Gasteiger partial charge in [0.25, 0.3) is 5.22 Å². The van der Waals surface area contributed by atoms with Crippen LogP contribution in [0.15, 0.2) is 45.0 Å². The molecule has 0 aliphatic rings. The summed E-state index contributed by atoms with van der Waals surface area (Å²) in [7, 11) is 0. The number of fused-ring (bicyclic) bond motifs is 1. The summed E-state index contributed by atoms with van der Waals surface area (Å²) in [6.45, 7) is 4.28. The molecule has 4 nitrogen and oxygen atoms in total. The van der Waals surface area contributed by atoms with E-state index < -0.39 is 0 Å². The molecule has 0 atom stereocenters. The highest BCUT2D eigenvalue weighted by molar-refractivity contribution is 7.99. The molecule has 2 heterocycles. The molecule has 0 amide bonds. The lowest BCUT2D eigenvalue weighted by atomic mass is 10.1. The molecule has 0 aliphatic carbocycles. The summed E-state index contributed by atoms with van der Waals surface area (Å²) in [5.74, 6) is 0.836. The number of aromatic nitrogens is 2. The van der Waals surface area contributed by atoms with Crippen LogP contribution in [0, 0.1) is 13.8 Å². The Hall–Kier alpha value is -1.85. The number of pyridine rings is 1. The van der Waals surface area contributed by atoms with Gasteiger partial charge in [0.05, 0.1) is 11.2 Å². The maximum absolute atomic E-state index is 5.83. The smallest absolute Gasteiger partial charge is 0.262 e. The zero-order chi connectivity index (χ0) is 14.1. The molecule has 2 aromatic heterocycles. The number of benzene rings is 1. The van der Waals surface area contributed by atoms with Crippen LogP contribution >= 0.6 is 11.8 Å². The lowest BCUT2D eigenvalue weighted by molar-refractivity contribution is 0.431. The van der Waals surface area contributed by atoms with Crippen LogP contribution in [0.25, 0.3) is 10.9 Å². The van der Waals surface area contributed by atoms with E-state index in [-0.39, 0.29) is 0 Å². The fourth-order valence-electron chi connectivity index (χ4n) is 1.95. The van der Waals surface area contributed by atoms with E-state index in [1.165, 1.54) is 11.8 Å². The van der Waals surface area contributed by atoms with E-state index in [9.17, 15) is 0 Å². The van der Waals surface area contributed by atoms with E-state index in [4.69, 9.17) is 10.2 Å². The van der Waals surface area contributed by atoms with Crippen molar-refractivity contribution in [3.05, 3.63) is 47.3 Å². The Morgan fingerprint density at radius 2 is 2.00 bits per heavy atom. The Balaban J connectivity index is 2.05. The standard InChI is InChI=1S/C15H15N3OS/c1-9-10(2)19-15(17-9)20-14-12(8-16)7-11-5-3-4-6-13(11)18-14/h3-7H,8,16H2,1-2H3. The van der Waals surface area contributed by atoms with Gasteiger partial charge in [-0.25, -0.2) is 9.97 Å². The number of nitrogens with two attached hydrogens (primary N) is 1. The van der Waals surface area contributed by atoms with Crippen LogP contribution in [-0.4, -0.2) is 9.97 Å². The molecule has 0 radical (unpaired) electrons. The lowest BCUT2D eigenvalue weighted by Gasteiger charge is -2.06. The topological polar surface area (TPSA) is 64.9 Å². The van der Waals surface area contributed by atoms with Crippen LogP contribution < -0.4 is 5.73 Å². The van der Waals surface area contributed by atoms with E-state index >= 15 is 0 Å². The van der Waals surface area contributed by atoms with Crippen LogP contribution in [0.2, 0.25) is 0 Å². The number of oxazole rings is 1. The van der Waals surface area contributed by atoms with Gasteiger partial charge in [-0.15, -0.1) is 0 Å². The minimum absolute atomic E-state index is 0.443. The van der Waals surface area contributed by atoms with Crippen molar-refractivity contribution >= 4 is 22.7 Å². The Kier molecular flexibility index (Phi) is 3.46. The van der Waals surface area contributed by atoms with Crippen molar-refractivity contribution in [1.29, 1.82) is 0 Å². The van der Waals surface area contributed by atoms with Gasteiger partial charge in [0.2, 0.25) is 0 Å². The van der Waals surface area contributed by atoms with E-state index in [1.54, 1.807) is 0 Å². The molecular formula is C15H15N3OS. The van der Waals surface area contributed by atoms with Crippen LogP contribution in [0.1, 0.15) is 17.0 Å². The SMILES string of the molecule is Cc1nc(Sc2nc3ccccc3cc2CN)oc1C. The highest BCUT2D eigenvalue weighted by Crippen LogP contribution is 2.31. The average molecular weight is 285 g/mol. The van der Waals surface area contributed by atoms with Gasteiger partial charge in [0.1, 0.15) is 10.8 Å². The molecule has 0 bridgehead atoms. The predicted octanol–water partition coefficient (Wildman–Crippen LogP) is 3.45. The summed E-state index contributed by atoms with van der Waals surface area (Å²) in [6.07, 6.45) is 0. The Morgan fingerprint density at radius 1 is 1.20 bits per heavy atom. The molecule has 5 heteroatoms. The van der Waals surface area contributed by atoms with Gasteiger partial charge < -0.3 is 10.2 Å². The minimum Gasteiger partial charge on any atom is -0.436 e. The zero-order valence-corrected chi connectivity index (χ0v) is 12.2. The van der Waals surface area contributed by atoms with E-state index in [0.29, 0.717) is 11.8 Å². The number of nitrogens with zero attached hydrogens (tertiary/aromatic N) is 2. The molecule has 0 spiro atoms. The summed E-state index contributed by atoms with van der Waals surface area (Å²) in [5, 5.41) is 2.56. The molecule has 0 saturated heterocycles. The largest absolute Gasteiger partial charge is 0.436 e. The number of hydrogen-bond acceptors (Lipinski definition) is 5. The maximum atomic E-state index is 5.83. The highest BCUT2D eigenvalue weighted by atomic mass is 32.2. The molecule has 0 aliphatic heterocycles. The van der Waals surface area contributed by atoms with Crippen molar-refractivity contribution in [2.24, 2.45) is 5.73 Å². The molecule has 0 fully saturated rings. The number of hydrogen-bond donors (Lipinski definition) is 1. The van der Waals surface area contributed by atoms with Gasteiger partial charge in [0, 0.05) is 11.9 Å². The number of para-hydroxylation sites is 1.